The number of hydrogen-bond acceptors (Lipinski definition) is 2. The van der Waals surface area contributed by atoms with Gasteiger partial charge in [0.2, 0.25) is 0 Å². The fourth-order valence-electron chi connectivity index (χ4n) is 1.12. The Bertz CT molecular complexity index is 1710. The third-order valence-electron chi connectivity index (χ3n) is 2.79. The summed E-state index contributed by atoms with van der Waals surface area (Å²) in [5.74, 6) is 63.0. The standard InChI is InChI=1S/C33H10O2/c1-4-6-7-8-9-10-11-12-13-14-15-16-17-18-19-20-21-22-23-24-25-26-27-28-29-30-31-35-33(34)32(3)5-2/h1,32H,5H2,2-3H3. The van der Waals surface area contributed by atoms with E-state index < -0.39 is 0 Å². The van der Waals surface area contributed by atoms with Gasteiger partial charge in [-0.25, -0.2) is 0 Å². The van der Waals surface area contributed by atoms with Gasteiger partial charge in [0.1, 0.15) is 6.11 Å². The molecule has 0 aromatic rings. The highest BCUT2D eigenvalue weighted by Crippen LogP contribution is 2.01. The van der Waals surface area contributed by atoms with Gasteiger partial charge >= 0.3 is 5.97 Å². The van der Waals surface area contributed by atoms with Gasteiger partial charge in [0.05, 0.1) is 5.92 Å². The second-order valence-electron chi connectivity index (χ2n) is 5.10. The molecule has 0 N–H and O–H groups in total. The summed E-state index contributed by atoms with van der Waals surface area (Å²) in [7, 11) is 0. The summed E-state index contributed by atoms with van der Waals surface area (Å²) in [6.45, 7) is 3.64. The Morgan fingerprint density at radius 3 is 1.06 bits per heavy atom. The Morgan fingerprint density at radius 2 is 0.800 bits per heavy atom. The van der Waals surface area contributed by atoms with Crippen molar-refractivity contribution in [1.82, 2.24) is 0 Å². The van der Waals surface area contributed by atoms with Crippen LogP contribution < -0.4 is 0 Å². The molecule has 1 atom stereocenters. The minimum Gasteiger partial charge on any atom is -0.371 e. The summed E-state index contributed by atoms with van der Waals surface area (Å²) >= 11 is 0. The van der Waals surface area contributed by atoms with Gasteiger partial charge < -0.3 is 4.74 Å². The highest BCUT2D eigenvalue weighted by Gasteiger charge is 2.10. The quantitative estimate of drug-likeness (QED) is 0.479. The number of esters is 1. The molecule has 0 spiro atoms. The average molecular weight is 438 g/mol. The van der Waals surface area contributed by atoms with Gasteiger partial charge in [-0.05, 0) is 53.8 Å². The molecule has 154 valence electrons. The van der Waals surface area contributed by atoms with E-state index in [4.69, 9.17) is 11.2 Å². The van der Waals surface area contributed by atoms with E-state index in [2.05, 4.69) is 160 Å². The minimum atomic E-state index is -0.384. The first-order chi connectivity index (χ1) is 17.2. The summed E-state index contributed by atoms with van der Waals surface area (Å²) in [5, 5.41) is 0. The van der Waals surface area contributed by atoms with Crippen LogP contribution in [0, 0.1) is 172 Å². The molecule has 0 bridgehead atoms. The highest BCUT2D eigenvalue weighted by atomic mass is 16.5. The molecule has 0 rings (SSSR count). The van der Waals surface area contributed by atoms with E-state index in [0.29, 0.717) is 6.42 Å². The molecule has 35 heavy (non-hydrogen) atoms. The van der Waals surface area contributed by atoms with E-state index in [0.717, 1.165) is 0 Å². The normalized spacial score (nSPS) is 5.97. The smallest absolute Gasteiger partial charge is 0.322 e. The monoisotopic (exact) mass is 438 g/mol. The van der Waals surface area contributed by atoms with Gasteiger partial charge in [0.25, 0.3) is 0 Å². The molecule has 0 saturated heterocycles. The van der Waals surface area contributed by atoms with Crippen molar-refractivity contribution in [3.05, 3.63) is 0 Å². The molecule has 0 aliphatic rings. The lowest BCUT2D eigenvalue weighted by Crippen LogP contribution is -2.10. The summed E-state index contributed by atoms with van der Waals surface area (Å²) in [5.41, 5.74) is 0. The molecule has 0 heterocycles. The van der Waals surface area contributed by atoms with E-state index in [1.54, 1.807) is 6.92 Å². The van der Waals surface area contributed by atoms with E-state index >= 15 is 0 Å². The van der Waals surface area contributed by atoms with Crippen LogP contribution in [0.25, 0.3) is 0 Å². The second kappa shape index (κ2) is 23.6. The average Bonchev–Trinajstić information content (AvgIpc) is 2.87. The first kappa shape index (κ1) is 28.3. The Hall–Kier alpha value is -6.69. The first-order valence-electron chi connectivity index (χ1n) is 9.38. The van der Waals surface area contributed by atoms with Crippen LogP contribution in [-0.4, -0.2) is 5.97 Å². The number of ether oxygens (including phenoxy) is 1. The van der Waals surface area contributed by atoms with E-state index in [1.165, 1.54) is 0 Å². The minimum absolute atomic E-state index is 0.198. The van der Waals surface area contributed by atoms with Crippen molar-refractivity contribution < 1.29 is 9.53 Å². The van der Waals surface area contributed by atoms with E-state index in [9.17, 15) is 4.79 Å². The van der Waals surface area contributed by atoms with Crippen LogP contribution in [0.2, 0.25) is 0 Å². The van der Waals surface area contributed by atoms with Crippen LogP contribution in [0.15, 0.2) is 0 Å². The van der Waals surface area contributed by atoms with Gasteiger partial charge in [0.15, 0.2) is 0 Å². The molecule has 0 aliphatic heterocycles. The zero-order valence-electron chi connectivity index (χ0n) is 18.7. The summed E-state index contributed by atoms with van der Waals surface area (Å²) in [6.07, 6.45) is 7.81. The molecule has 2 heteroatoms. The molecule has 0 aromatic carbocycles. The number of carbonyl (C=O) groups excluding carboxylic acids is 1. The predicted molar refractivity (Wildman–Crippen MR) is 135 cm³/mol. The van der Waals surface area contributed by atoms with E-state index in [-0.39, 0.29) is 11.9 Å². The molecule has 0 radical (unpaired) electrons. The van der Waals surface area contributed by atoms with Crippen LogP contribution in [0.5, 0.6) is 0 Å². The Balaban J connectivity index is 4.46. The maximum absolute atomic E-state index is 11.3. The zero-order chi connectivity index (χ0) is 25.7. The molecular formula is C33H10O2. The van der Waals surface area contributed by atoms with Crippen LogP contribution in [0.3, 0.4) is 0 Å². The Labute approximate surface area is 208 Å². The van der Waals surface area contributed by atoms with E-state index in [1.807, 2.05) is 6.92 Å². The molecular weight excluding hydrogens is 428 g/mol. The number of hydrogen-bond donors (Lipinski definition) is 0. The van der Waals surface area contributed by atoms with Crippen LogP contribution >= 0.6 is 0 Å². The lowest BCUT2D eigenvalue weighted by Gasteiger charge is -2.01. The third kappa shape index (κ3) is 21.8. The fraction of sp³-hybridized carbons (Fsp3) is 0.121. The van der Waals surface area contributed by atoms with Crippen LogP contribution in [0.4, 0.5) is 0 Å². The SMILES string of the molecule is C#CC#CC#CC#CC#CC#CC#CC#CC#CC#CC#CC#CC#CC#COC(=O)C(C)CC. The predicted octanol–water partition coefficient (Wildman–Crippen LogP) is 1.21. The molecule has 0 aliphatic carbocycles. The van der Waals surface area contributed by atoms with Gasteiger partial charge in [-0.3, -0.25) is 4.79 Å². The molecule has 2 nitrogen and oxygen atoms in total. The third-order valence-corrected chi connectivity index (χ3v) is 2.79. The number of rotatable bonds is 2. The summed E-state index contributed by atoms with van der Waals surface area (Å²) in [4.78, 5) is 11.3. The Morgan fingerprint density at radius 1 is 0.543 bits per heavy atom. The van der Waals surface area contributed by atoms with Crippen molar-refractivity contribution in [2.45, 2.75) is 20.3 Å². The van der Waals surface area contributed by atoms with Crippen molar-refractivity contribution in [3.8, 4) is 166 Å². The highest BCUT2D eigenvalue weighted by molar-refractivity contribution is 5.73. The van der Waals surface area contributed by atoms with Crippen LogP contribution in [0.1, 0.15) is 20.3 Å². The fourth-order valence-corrected chi connectivity index (χ4v) is 1.12. The summed E-state index contributed by atoms with van der Waals surface area (Å²) < 4.78 is 4.70. The molecule has 0 saturated carbocycles. The van der Waals surface area contributed by atoms with Crippen molar-refractivity contribution >= 4 is 5.97 Å². The van der Waals surface area contributed by atoms with Crippen LogP contribution in [-0.2, 0) is 9.53 Å². The van der Waals surface area contributed by atoms with Crippen molar-refractivity contribution in [3.63, 3.8) is 0 Å². The lowest BCUT2D eigenvalue weighted by atomic mass is 10.1. The van der Waals surface area contributed by atoms with Crippen molar-refractivity contribution in [2.75, 3.05) is 0 Å². The number of carbonyl (C=O) groups is 1. The van der Waals surface area contributed by atoms with Gasteiger partial charge in [-0.1, -0.05) is 13.8 Å². The maximum Gasteiger partial charge on any atom is 0.322 e. The Kier molecular flexibility index (Phi) is 19.1. The summed E-state index contributed by atoms with van der Waals surface area (Å²) in [6, 6.07) is 0. The van der Waals surface area contributed by atoms with Crippen molar-refractivity contribution in [1.29, 1.82) is 0 Å². The van der Waals surface area contributed by atoms with Gasteiger partial charge in [0, 0.05) is 107 Å². The largest absolute Gasteiger partial charge is 0.371 e. The second-order valence-corrected chi connectivity index (χ2v) is 5.10. The number of terminal acetylenes is 1. The molecule has 0 amide bonds. The maximum atomic E-state index is 11.3. The molecule has 1 unspecified atom stereocenters. The topological polar surface area (TPSA) is 26.3 Å². The first-order valence-corrected chi connectivity index (χ1v) is 9.38. The lowest BCUT2D eigenvalue weighted by molar-refractivity contribution is -0.140. The zero-order valence-corrected chi connectivity index (χ0v) is 18.7. The molecule has 0 fully saturated rings. The molecule has 0 aromatic heterocycles. The van der Waals surface area contributed by atoms with Gasteiger partial charge in [-0.2, -0.15) is 0 Å². The van der Waals surface area contributed by atoms with Gasteiger partial charge in [-0.15, -0.1) is 6.42 Å². The van der Waals surface area contributed by atoms with Crippen molar-refractivity contribution in [2.24, 2.45) is 5.92 Å².